The first-order valence-electron chi connectivity index (χ1n) is 9.14. The molecule has 1 N–H and O–H groups in total. The third-order valence-corrected chi connectivity index (χ3v) is 5.05. The van der Waals surface area contributed by atoms with Gasteiger partial charge in [0, 0.05) is 23.8 Å². The summed E-state index contributed by atoms with van der Waals surface area (Å²) in [6.45, 7) is 1.59. The van der Waals surface area contributed by atoms with E-state index in [0.717, 1.165) is 31.5 Å². The average molecular weight is 342 g/mol. The molecule has 0 bridgehead atoms. The SMILES string of the molecule is N#Cc1cccc(CN[C@H]2CCCc3c2cnn3Cc2ccccc2)c1. The Labute approximate surface area is 154 Å². The summed E-state index contributed by atoms with van der Waals surface area (Å²) in [6, 6.07) is 20.8. The highest BCUT2D eigenvalue weighted by molar-refractivity contribution is 5.33. The third kappa shape index (κ3) is 3.54. The first-order chi connectivity index (χ1) is 12.8. The van der Waals surface area contributed by atoms with E-state index in [-0.39, 0.29) is 0 Å². The standard InChI is InChI=1S/C22H22N4/c23-13-18-8-4-9-19(12-18)14-24-21-10-5-11-22-20(21)15-25-26(22)16-17-6-2-1-3-7-17/h1-4,6-9,12,15,21,24H,5,10-11,14,16H2/t21-/m0/s1. The molecule has 2 aromatic carbocycles. The van der Waals surface area contributed by atoms with E-state index < -0.39 is 0 Å². The van der Waals surface area contributed by atoms with Gasteiger partial charge in [0.15, 0.2) is 0 Å². The molecule has 1 atom stereocenters. The maximum absolute atomic E-state index is 9.05. The van der Waals surface area contributed by atoms with Gasteiger partial charge in [0.25, 0.3) is 0 Å². The zero-order chi connectivity index (χ0) is 17.8. The van der Waals surface area contributed by atoms with Crippen molar-refractivity contribution in [3.63, 3.8) is 0 Å². The minimum Gasteiger partial charge on any atom is -0.306 e. The van der Waals surface area contributed by atoms with Gasteiger partial charge in [-0.15, -0.1) is 0 Å². The van der Waals surface area contributed by atoms with Crippen molar-refractivity contribution in [2.24, 2.45) is 0 Å². The van der Waals surface area contributed by atoms with Crippen LogP contribution >= 0.6 is 0 Å². The molecule has 0 radical (unpaired) electrons. The summed E-state index contributed by atoms with van der Waals surface area (Å²) in [4.78, 5) is 0. The minimum absolute atomic E-state index is 0.328. The maximum atomic E-state index is 9.05. The number of nitrogens with zero attached hydrogens (tertiary/aromatic N) is 3. The number of hydrogen-bond donors (Lipinski definition) is 1. The van der Waals surface area contributed by atoms with Crippen molar-refractivity contribution in [3.8, 4) is 6.07 Å². The number of rotatable bonds is 5. The fourth-order valence-electron chi connectivity index (χ4n) is 3.72. The average Bonchev–Trinajstić information content (AvgIpc) is 3.11. The molecule has 1 heterocycles. The van der Waals surface area contributed by atoms with Crippen molar-refractivity contribution in [1.29, 1.82) is 5.26 Å². The van der Waals surface area contributed by atoms with E-state index in [2.05, 4.69) is 51.5 Å². The van der Waals surface area contributed by atoms with Crippen molar-refractivity contribution in [2.45, 2.75) is 38.4 Å². The zero-order valence-corrected chi connectivity index (χ0v) is 14.7. The second kappa shape index (κ2) is 7.55. The van der Waals surface area contributed by atoms with Crippen LogP contribution in [-0.2, 0) is 19.5 Å². The maximum Gasteiger partial charge on any atom is 0.0991 e. The summed E-state index contributed by atoms with van der Waals surface area (Å²) >= 11 is 0. The summed E-state index contributed by atoms with van der Waals surface area (Å²) in [7, 11) is 0. The molecule has 0 amide bonds. The summed E-state index contributed by atoms with van der Waals surface area (Å²) in [5, 5.41) is 17.4. The van der Waals surface area contributed by atoms with Crippen LogP contribution in [0.1, 0.15) is 46.8 Å². The van der Waals surface area contributed by atoms with Gasteiger partial charge in [-0.25, -0.2) is 0 Å². The van der Waals surface area contributed by atoms with Gasteiger partial charge in [-0.05, 0) is 42.5 Å². The van der Waals surface area contributed by atoms with E-state index in [0.29, 0.717) is 11.6 Å². The summed E-state index contributed by atoms with van der Waals surface area (Å²) < 4.78 is 2.15. The van der Waals surface area contributed by atoms with Crippen LogP contribution in [0.3, 0.4) is 0 Å². The van der Waals surface area contributed by atoms with E-state index in [1.165, 1.54) is 23.2 Å². The van der Waals surface area contributed by atoms with Gasteiger partial charge in [0.05, 0.1) is 24.4 Å². The number of fused-ring (bicyclic) bond motifs is 1. The zero-order valence-electron chi connectivity index (χ0n) is 14.7. The second-order valence-corrected chi connectivity index (χ2v) is 6.83. The van der Waals surface area contributed by atoms with E-state index in [9.17, 15) is 0 Å². The fraction of sp³-hybridized carbons (Fsp3) is 0.273. The molecule has 1 aliphatic rings. The van der Waals surface area contributed by atoms with Crippen LogP contribution in [0.15, 0.2) is 60.8 Å². The molecule has 0 saturated carbocycles. The highest BCUT2D eigenvalue weighted by atomic mass is 15.3. The molecule has 1 aromatic heterocycles. The van der Waals surface area contributed by atoms with Crippen LogP contribution in [0.4, 0.5) is 0 Å². The Kier molecular flexibility index (Phi) is 4.81. The number of nitriles is 1. The van der Waals surface area contributed by atoms with Gasteiger partial charge in [0.1, 0.15) is 0 Å². The second-order valence-electron chi connectivity index (χ2n) is 6.83. The Balaban J connectivity index is 1.48. The van der Waals surface area contributed by atoms with Crippen molar-refractivity contribution in [2.75, 3.05) is 0 Å². The predicted molar refractivity (Wildman–Crippen MR) is 101 cm³/mol. The molecule has 0 fully saturated rings. The monoisotopic (exact) mass is 342 g/mol. The van der Waals surface area contributed by atoms with E-state index in [1.807, 2.05) is 30.5 Å². The van der Waals surface area contributed by atoms with Crippen molar-refractivity contribution < 1.29 is 0 Å². The lowest BCUT2D eigenvalue weighted by Gasteiger charge is -2.24. The molecule has 0 saturated heterocycles. The van der Waals surface area contributed by atoms with Crippen LogP contribution in [-0.4, -0.2) is 9.78 Å². The Hall–Kier alpha value is -2.90. The smallest absolute Gasteiger partial charge is 0.0991 e. The van der Waals surface area contributed by atoms with Gasteiger partial charge in [-0.3, -0.25) is 4.68 Å². The quantitative estimate of drug-likeness (QED) is 0.763. The van der Waals surface area contributed by atoms with Crippen molar-refractivity contribution >= 4 is 0 Å². The lowest BCUT2D eigenvalue weighted by Crippen LogP contribution is -2.25. The fourth-order valence-corrected chi connectivity index (χ4v) is 3.72. The Bertz CT molecular complexity index is 921. The first kappa shape index (κ1) is 16.6. The van der Waals surface area contributed by atoms with Gasteiger partial charge in [-0.1, -0.05) is 42.5 Å². The van der Waals surface area contributed by atoms with Crippen molar-refractivity contribution in [3.05, 3.63) is 88.7 Å². The van der Waals surface area contributed by atoms with Gasteiger partial charge >= 0.3 is 0 Å². The van der Waals surface area contributed by atoms with Gasteiger partial charge < -0.3 is 5.32 Å². The van der Waals surface area contributed by atoms with Crippen molar-refractivity contribution in [1.82, 2.24) is 15.1 Å². The minimum atomic E-state index is 0.328. The molecule has 130 valence electrons. The largest absolute Gasteiger partial charge is 0.306 e. The van der Waals surface area contributed by atoms with Gasteiger partial charge in [-0.2, -0.15) is 10.4 Å². The molecule has 0 unspecified atom stereocenters. The number of aromatic nitrogens is 2. The van der Waals surface area contributed by atoms with Crippen LogP contribution in [0, 0.1) is 11.3 Å². The van der Waals surface area contributed by atoms with E-state index >= 15 is 0 Å². The topological polar surface area (TPSA) is 53.6 Å². The van der Waals surface area contributed by atoms with E-state index in [1.54, 1.807) is 0 Å². The number of nitrogens with one attached hydrogen (secondary N) is 1. The normalized spacial score (nSPS) is 16.0. The van der Waals surface area contributed by atoms with Crippen LogP contribution < -0.4 is 5.32 Å². The molecule has 4 rings (SSSR count). The summed E-state index contributed by atoms with van der Waals surface area (Å²) in [5.74, 6) is 0. The molecule has 4 nitrogen and oxygen atoms in total. The summed E-state index contributed by atoms with van der Waals surface area (Å²) in [5.41, 5.74) is 5.81. The van der Waals surface area contributed by atoms with Crippen LogP contribution in [0.25, 0.3) is 0 Å². The highest BCUT2D eigenvalue weighted by Gasteiger charge is 2.23. The Morgan fingerprint density at radius 2 is 1.96 bits per heavy atom. The lowest BCUT2D eigenvalue weighted by atomic mass is 9.92. The third-order valence-electron chi connectivity index (χ3n) is 5.05. The van der Waals surface area contributed by atoms with E-state index in [4.69, 9.17) is 5.26 Å². The summed E-state index contributed by atoms with van der Waals surface area (Å²) in [6.07, 6.45) is 5.41. The molecular weight excluding hydrogens is 320 g/mol. The van der Waals surface area contributed by atoms with Gasteiger partial charge in [0.2, 0.25) is 0 Å². The molecule has 0 spiro atoms. The van der Waals surface area contributed by atoms with Crippen LogP contribution in [0.2, 0.25) is 0 Å². The molecule has 4 heteroatoms. The lowest BCUT2D eigenvalue weighted by molar-refractivity contribution is 0.449. The Morgan fingerprint density at radius 1 is 1.12 bits per heavy atom. The molecular formula is C22H22N4. The predicted octanol–water partition coefficient (Wildman–Crippen LogP) is 3.97. The molecule has 0 aliphatic heterocycles. The molecule has 26 heavy (non-hydrogen) atoms. The first-order valence-corrected chi connectivity index (χ1v) is 9.14. The number of hydrogen-bond acceptors (Lipinski definition) is 3. The molecule has 3 aromatic rings. The Morgan fingerprint density at radius 3 is 2.81 bits per heavy atom. The van der Waals surface area contributed by atoms with Crippen LogP contribution in [0.5, 0.6) is 0 Å². The highest BCUT2D eigenvalue weighted by Crippen LogP contribution is 2.30. The molecule has 1 aliphatic carbocycles. The number of benzene rings is 2.